The van der Waals surface area contributed by atoms with Crippen LogP contribution in [0.4, 0.5) is 4.39 Å². The first-order chi connectivity index (χ1) is 7.02. The van der Waals surface area contributed by atoms with Crippen molar-refractivity contribution in [2.75, 3.05) is 14.1 Å². The molecule has 15 heavy (non-hydrogen) atoms. The molecule has 0 aliphatic rings. The standard InChI is InChI=1S/C11H11BrFNO/c1-14(2)7-6-10(15)11-8(12)4-3-5-9(11)13/h3-7H,1-2H3/b7-6+. The summed E-state index contributed by atoms with van der Waals surface area (Å²) in [5.41, 5.74) is 0.0654. The average molecular weight is 272 g/mol. The van der Waals surface area contributed by atoms with Crippen molar-refractivity contribution in [1.82, 2.24) is 4.90 Å². The van der Waals surface area contributed by atoms with E-state index < -0.39 is 5.82 Å². The maximum absolute atomic E-state index is 13.3. The van der Waals surface area contributed by atoms with Crippen molar-refractivity contribution in [3.63, 3.8) is 0 Å². The van der Waals surface area contributed by atoms with E-state index in [1.807, 2.05) is 0 Å². The highest BCUT2D eigenvalue weighted by Crippen LogP contribution is 2.20. The third-order valence-electron chi connectivity index (χ3n) is 1.73. The van der Waals surface area contributed by atoms with E-state index in [0.29, 0.717) is 4.47 Å². The summed E-state index contributed by atoms with van der Waals surface area (Å²) in [5.74, 6) is -0.869. The summed E-state index contributed by atoms with van der Waals surface area (Å²) in [5, 5.41) is 0. The van der Waals surface area contributed by atoms with E-state index in [1.54, 1.807) is 37.3 Å². The van der Waals surface area contributed by atoms with Gasteiger partial charge in [0, 0.05) is 30.8 Å². The summed E-state index contributed by atoms with van der Waals surface area (Å²) in [6, 6.07) is 4.45. The minimum absolute atomic E-state index is 0.0654. The number of allylic oxidation sites excluding steroid dienone is 1. The maximum atomic E-state index is 13.3. The van der Waals surface area contributed by atoms with E-state index in [9.17, 15) is 9.18 Å². The summed E-state index contributed by atoms with van der Waals surface area (Å²) >= 11 is 3.15. The van der Waals surface area contributed by atoms with Crippen molar-refractivity contribution >= 4 is 21.7 Å². The number of rotatable bonds is 3. The van der Waals surface area contributed by atoms with E-state index in [-0.39, 0.29) is 11.3 Å². The van der Waals surface area contributed by atoms with Crippen LogP contribution in [-0.2, 0) is 0 Å². The average Bonchev–Trinajstić information content (AvgIpc) is 2.14. The predicted octanol–water partition coefficient (Wildman–Crippen LogP) is 2.85. The SMILES string of the molecule is CN(C)/C=C/C(=O)c1c(F)cccc1Br. The zero-order chi connectivity index (χ0) is 11.4. The molecule has 0 bridgehead atoms. The van der Waals surface area contributed by atoms with Crippen molar-refractivity contribution in [1.29, 1.82) is 0 Å². The zero-order valence-corrected chi connectivity index (χ0v) is 10.1. The van der Waals surface area contributed by atoms with Crippen LogP contribution < -0.4 is 0 Å². The van der Waals surface area contributed by atoms with Gasteiger partial charge in [-0.05, 0) is 28.1 Å². The van der Waals surface area contributed by atoms with Gasteiger partial charge in [-0.25, -0.2) is 4.39 Å². The van der Waals surface area contributed by atoms with Gasteiger partial charge >= 0.3 is 0 Å². The third-order valence-corrected chi connectivity index (χ3v) is 2.39. The normalized spacial score (nSPS) is 10.7. The fourth-order valence-electron chi connectivity index (χ4n) is 1.03. The lowest BCUT2D eigenvalue weighted by Gasteiger charge is -2.04. The van der Waals surface area contributed by atoms with Crippen LogP contribution in [0.1, 0.15) is 10.4 Å². The lowest BCUT2D eigenvalue weighted by atomic mass is 10.1. The molecule has 4 heteroatoms. The Morgan fingerprint density at radius 2 is 2.13 bits per heavy atom. The van der Waals surface area contributed by atoms with E-state index in [4.69, 9.17) is 0 Å². The summed E-state index contributed by atoms with van der Waals surface area (Å²) in [4.78, 5) is 13.3. The minimum Gasteiger partial charge on any atom is -0.383 e. The molecular formula is C11H11BrFNO. The number of carbonyl (C=O) groups is 1. The van der Waals surface area contributed by atoms with Gasteiger partial charge < -0.3 is 4.90 Å². The second-order valence-electron chi connectivity index (χ2n) is 3.24. The molecule has 0 heterocycles. The zero-order valence-electron chi connectivity index (χ0n) is 8.50. The molecule has 0 atom stereocenters. The molecule has 0 aliphatic carbocycles. The molecule has 0 fully saturated rings. The van der Waals surface area contributed by atoms with Gasteiger partial charge in [0.05, 0.1) is 5.56 Å². The minimum atomic E-state index is -0.516. The van der Waals surface area contributed by atoms with Crippen LogP contribution in [-0.4, -0.2) is 24.8 Å². The van der Waals surface area contributed by atoms with Crippen LogP contribution in [0.15, 0.2) is 34.9 Å². The van der Waals surface area contributed by atoms with Crippen molar-refractivity contribution < 1.29 is 9.18 Å². The van der Waals surface area contributed by atoms with E-state index in [1.165, 1.54) is 12.1 Å². The van der Waals surface area contributed by atoms with Crippen molar-refractivity contribution in [3.05, 3.63) is 46.3 Å². The molecule has 0 amide bonds. The lowest BCUT2D eigenvalue weighted by Crippen LogP contribution is -2.05. The number of halogens is 2. The molecule has 0 aromatic heterocycles. The summed E-state index contributed by atoms with van der Waals surface area (Å²) < 4.78 is 13.8. The van der Waals surface area contributed by atoms with Crippen molar-refractivity contribution in [2.45, 2.75) is 0 Å². The van der Waals surface area contributed by atoms with Gasteiger partial charge in [0.2, 0.25) is 0 Å². The third kappa shape index (κ3) is 3.16. The van der Waals surface area contributed by atoms with E-state index in [0.717, 1.165) is 0 Å². The fourth-order valence-corrected chi connectivity index (χ4v) is 1.57. The Balaban J connectivity index is 3.01. The summed E-state index contributed by atoms with van der Waals surface area (Å²) in [7, 11) is 3.58. The van der Waals surface area contributed by atoms with Gasteiger partial charge in [-0.15, -0.1) is 0 Å². The second-order valence-corrected chi connectivity index (χ2v) is 4.09. The Bertz CT molecular complexity index is 381. The lowest BCUT2D eigenvalue weighted by molar-refractivity contribution is 0.104. The Labute approximate surface area is 96.5 Å². The first kappa shape index (κ1) is 11.9. The number of benzene rings is 1. The number of carbonyl (C=O) groups excluding carboxylic acids is 1. The van der Waals surface area contributed by atoms with Crippen LogP contribution in [0, 0.1) is 5.82 Å². The van der Waals surface area contributed by atoms with Gasteiger partial charge in [0.1, 0.15) is 5.82 Å². The molecule has 0 unspecified atom stereocenters. The van der Waals surface area contributed by atoms with Gasteiger partial charge in [0.25, 0.3) is 0 Å². The van der Waals surface area contributed by atoms with Gasteiger partial charge in [-0.3, -0.25) is 4.79 Å². The maximum Gasteiger partial charge on any atom is 0.191 e. The molecule has 80 valence electrons. The molecule has 0 N–H and O–H groups in total. The van der Waals surface area contributed by atoms with Crippen LogP contribution in [0.5, 0.6) is 0 Å². The topological polar surface area (TPSA) is 20.3 Å². The Hall–Kier alpha value is -1.16. The van der Waals surface area contributed by atoms with Crippen LogP contribution >= 0.6 is 15.9 Å². The van der Waals surface area contributed by atoms with Crippen molar-refractivity contribution in [3.8, 4) is 0 Å². The molecule has 1 rings (SSSR count). The number of hydrogen-bond acceptors (Lipinski definition) is 2. The van der Waals surface area contributed by atoms with Gasteiger partial charge in [0.15, 0.2) is 5.78 Å². The highest BCUT2D eigenvalue weighted by molar-refractivity contribution is 9.10. The largest absolute Gasteiger partial charge is 0.383 e. The van der Waals surface area contributed by atoms with Gasteiger partial charge in [-0.2, -0.15) is 0 Å². The molecule has 0 saturated heterocycles. The number of hydrogen-bond donors (Lipinski definition) is 0. The number of nitrogens with zero attached hydrogens (tertiary/aromatic N) is 1. The fraction of sp³-hybridized carbons (Fsp3) is 0.182. The molecular weight excluding hydrogens is 261 g/mol. The smallest absolute Gasteiger partial charge is 0.191 e. The molecule has 0 aliphatic heterocycles. The number of ketones is 1. The first-order valence-corrected chi connectivity index (χ1v) is 5.14. The first-order valence-electron chi connectivity index (χ1n) is 4.35. The summed E-state index contributed by atoms with van der Waals surface area (Å²) in [6.07, 6.45) is 2.92. The van der Waals surface area contributed by atoms with E-state index in [2.05, 4.69) is 15.9 Å². The van der Waals surface area contributed by atoms with Crippen molar-refractivity contribution in [2.24, 2.45) is 0 Å². The predicted molar refractivity (Wildman–Crippen MR) is 61.3 cm³/mol. The molecule has 1 aromatic carbocycles. The summed E-state index contributed by atoms with van der Waals surface area (Å²) in [6.45, 7) is 0. The van der Waals surface area contributed by atoms with Crippen LogP contribution in [0.3, 0.4) is 0 Å². The van der Waals surface area contributed by atoms with Gasteiger partial charge in [-0.1, -0.05) is 6.07 Å². The van der Waals surface area contributed by atoms with Crippen LogP contribution in [0.25, 0.3) is 0 Å². The Morgan fingerprint density at radius 1 is 1.47 bits per heavy atom. The molecule has 2 nitrogen and oxygen atoms in total. The highest BCUT2D eigenvalue weighted by Gasteiger charge is 2.12. The highest BCUT2D eigenvalue weighted by atomic mass is 79.9. The second kappa shape index (κ2) is 5.07. The monoisotopic (exact) mass is 271 g/mol. The molecule has 0 spiro atoms. The van der Waals surface area contributed by atoms with E-state index >= 15 is 0 Å². The van der Waals surface area contributed by atoms with Crippen LogP contribution in [0.2, 0.25) is 0 Å². The molecule has 1 aromatic rings. The Morgan fingerprint density at radius 3 is 2.67 bits per heavy atom. The molecule has 0 radical (unpaired) electrons. The Kier molecular flexibility index (Phi) is 4.03. The quantitative estimate of drug-likeness (QED) is 0.623. The molecule has 0 saturated carbocycles.